The Morgan fingerprint density at radius 1 is 1.22 bits per heavy atom. The SMILES string of the molecule is C/C=C(C)/C=C(\C=NN)c1c(N)cc(NC(=O)C(Cc2ccccc2)N(C)C)cc1C=O. The van der Waals surface area contributed by atoms with Gasteiger partial charge in [-0.3, -0.25) is 14.5 Å². The number of aldehydes is 1. The summed E-state index contributed by atoms with van der Waals surface area (Å²) in [5, 5.41) is 6.50. The van der Waals surface area contributed by atoms with E-state index in [0.29, 0.717) is 40.8 Å². The number of carbonyl (C=O) groups is 2. The van der Waals surface area contributed by atoms with Gasteiger partial charge in [-0.2, -0.15) is 5.10 Å². The lowest BCUT2D eigenvalue weighted by Crippen LogP contribution is -2.41. The second kappa shape index (κ2) is 11.6. The molecule has 32 heavy (non-hydrogen) atoms. The molecule has 5 N–H and O–H groups in total. The Labute approximate surface area is 189 Å². The molecule has 0 spiro atoms. The van der Waals surface area contributed by atoms with Gasteiger partial charge in [0.25, 0.3) is 0 Å². The average molecular weight is 434 g/mol. The van der Waals surface area contributed by atoms with Crippen molar-refractivity contribution in [3.05, 3.63) is 76.9 Å². The zero-order valence-corrected chi connectivity index (χ0v) is 19.0. The molecule has 0 radical (unpaired) electrons. The summed E-state index contributed by atoms with van der Waals surface area (Å²) in [6.45, 7) is 3.83. The predicted octanol–water partition coefficient (Wildman–Crippen LogP) is 3.49. The zero-order valence-electron chi connectivity index (χ0n) is 19.0. The van der Waals surface area contributed by atoms with E-state index < -0.39 is 6.04 Å². The Morgan fingerprint density at radius 2 is 1.91 bits per heavy atom. The van der Waals surface area contributed by atoms with Crippen LogP contribution in [0, 0.1) is 0 Å². The quantitative estimate of drug-likeness (QED) is 0.140. The van der Waals surface area contributed by atoms with Gasteiger partial charge in [-0.15, -0.1) is 0 Å². The number of likely N-dealkylation sites (N-methyl/N-ethyl adjacent to an activating group) is 1. The zero-order chi connectivity index (χ0) is 23.7. The summed E-state index contributed by atoms with van der Waals surface area (Å²) < 4.78 is 0. The molecule has 2 aromatic rings. The van der Waals surface area contributed by atoms with E-state index >= 15 is 0 Å². The molecule has 2 aromatic carbocycles. The Morgan fingerprint density at radius 3 is 2.47 bits per heavy atom. The van der Waals surface area contributed by atoms with Gasteiger partial charge in [0.2, 0.25) is 5.91 Å². The summed E-state index contributed by atoms with van der Waals surface area (Å²) in [5.74, 6) is 5.18. The molecule has 0 bridgehead atoms. The normalized spacial score (nSPS) is 13.4. The van der Waals surface area contributed by atoms with Crippen LogP contribution >= 0.6 is 0 Å². The Balaban J connectivity index is 2.38. The fourth-order valence-corrected chi connectivity index (χ4v) is 3.34. The second-order valence-corrected chi connectivity index (χ2v) is 7.72. The van der Waals surface area contributed by atoms with Gasteiger partial charge in [-0.25, -0.2) is 0 Å². The highest BCUT2D eigenvalue weighted by atomic mass is 16.2. The topological polar surface area (TPSA) is 114 Å². The van der Waals surface area contributed by atoms with Gasteiger partial charge < -0.3 is 16.9 Å². The largest absolute Gasteiger partial charge is 0.398 e. The molecular weight excluding hydrogens is 402 g/mol. The van der Waals surface area contributed by atoms with Crippen LogP contribution in [0.3, 0.4) is 0 Å². The number of hydrogen-bond acceptors (Lipinski definition) is 6. The summed E-state index contributed by atoms with van der Waals surface area (Å²) in [5.41, 5.74) is 10.6. The first-order valence-electron chi connectivity index (χ1n) is 10.3. The van der Waals surface area contributed by atoms with Crippen LogP contribution in [-0.2, 0) is 11.2 Å². The number of nitrogens with one attached hydrogen (secondary N) is 1. The molecule has 0 fully saturated rings. The van der Waals surface area contributed by atoms with Gasteiger partial charge in [-0.05, 0) is 52.1 Å². The number of amides is 1. The van der Waals surface area contributed by atoms with Crippen molar-refractivity contribution in [2.75, 3.05) is 25.1 Å². The molecule has 0 aromatic heterocycles. The third kappa shape index (κ3) is 6.39. The fraction of sp³-hybridized carbons (Fsp3) is 0.240. The van der Waals surface area contributed by atoms with E-state index in [-0.39, 0.29) is 5.91 Å². The maximum absolute atomic E-state index is 13.0. The molecular formula is C25H31N5O2. The molecule has 7 heteroatoms. The van der Waals surface area contributed by atoms with Crippen molar-refractivity contribution in [3.8, 4) is 0 Å². The van der Waals surface area contributed by atoms with E-state index in [1.807, 2.05) is 75.3 Å². The number of anilines is 2. The lowest BCUT2D eigenvalue weighted by Gasteiger charge is -2.24. The average Bonchev–Trinajstić information content (AvgIpc) is 2.77. The number of carbonyl (C=O) groups excluding carboxylic acids is 2. The van der Waals surface area contributed by atoms with Crippen LogP contribution in [0.5, 0.6) is 0 Å². The van der Waals surface area contributed by atoms with E-state index in [0.717, 1.165) is 11.1 Å². The number of rotatable bonds is 9. The van der Waals surface area contributed by atoms with Crippen molar-refractivity contribution in [2.24, 2.45) is 10.9 Å². The maximum atomic E-state index is 13.0. The Bertz CT molecular complexity index is 1040. The second-order valence-electron chi connectivity index (χ2n) is 7.72. The highest BCUT2D eigenvalue weighted by Gasteiger charge is 2.22. The standard InChI is InChI=1S/C25H31N5O2/c1-5-17(2)11-19(15-28-27)24-20(16-31)13-21(14-22(24)26)29-25(32)23(30(3)4)12-18-9-7-6-8-10-18/h5-11,13-16,23H,12,26-27H2,1-4H3,(H,29,32)/b17-5+,19-11+,28-15?. The molecule has 7 nitrogen and oxygen atoms in total. The molecule has 2 rings (SSSR count). The van der Waals surface area contributed by atoms with Crippen molar-refractivity contribution < 1.29 is 9.59 Å². The summed E-state index contributed by atoms with van der Waals surface area (Å²) in [4.78, 5) is 26.8. The van der Waals surface area contributed by atoms with E-state index in [2.05, 4.69) is 10.4 Å². The van der Waals surface area contributed by atoms with Crippen molar-refractivity contribution >= 4 is 35.4 Å². The van der Waals surface area contributed by atoms with Crippen LogP contribution in [0.4, 0.5) is 11.4 Å². The Hall–Kier alpha value is -3.71. The van der Waals surface area contributed by atoms with Gasteiger partial charge in [0.1, 0.15) is 0 Å². The van der Waals surface area contributed by atoms with Crippen LogP contribution in [0.1, 0.15) is 35.3 Å². The van der Waals surface area contributed by atoms with Crippen LogP contribution in [0.25, 0.3) is 5.57 Å². The van der Waals surface area contributed by atoms with Gasteiger partial charge in [0.05, 0.1) is 12.3 Å². The third-order valence-electron chi connectivity index (χ3n) is 5.13. The van der Waals surface area contributed by atoms with Crippen molar-refractivity contribution in [1.82, 2.24) is 4.90 Å². The van der Waals surface area contributed by atoms with Crippen molar-refractivity contribution in [1.29, 1.82) is 0 Å². The lowest BCUT2D eigenvalue weighted by molar-refractivity contribution is -0.120. The highest BCUT2D eigenvalue weighted by Crippen LogP contribution is 2.29. The maximum Gasteiger partial charge on any atom is 0.242 e. The summed E-state index contributed by atoms with van der Waals surface area (Å²) >= 11 is 0. The number of allylic oxidation sites excluding steroid dienone is 4. The molecule has 0 aliphatic carbocycles. The molecule has 0 saturated heterocycles. The Kier molecular flexibility index (Phi) is 8.92. The molecule has 168 valence electrons. The number of hydrogen-bond donors (Lipinski definition) is 3. The first-order valence-corrected chi connectivity index (χ1v) is 10.3. The first-order chi connectivity index (χ1) is 15.3. The molecule has 1 unspecified atom stereocenters. The molecule has 0 saturated carbocycles. The number of hydrazone groups is 1. The van der Waals surface area contributed by atoms with Crippen molar-refractivity contribution in [2.45, 2.75) is 26.3 Å². The van der Waals surface area contributed by atoms with E-state index in [4.69, 9.17) is 11.6 Å². The van der Waals surface area contributed by atoms with Gasteiger partial charge >= 0.3 is 0 Å². The van der Waals surface area contributed by atoms with E-state index in [9.17, 15) is 9.59 Å². The first kappa shape index (κ1) is 24.6. The molecule has 1 amide bonds. The summed E-state index contributed by atoms with van der Waals surface area (Å²) in [6, 6.07) is 12.7. The molecule has 1 atom stereocenters. The number of nitrogens with zero attached hydrogens (tertiary/aromatic N) is 2. The van der Waals surface area contributed by atoms with Crippen LogP contribution in [-0.4, -0.2) is 43.4 Å². The summed E-state index contributed by atoms with van der Waals surface area (Å²) in [6.07, 6.45) is 6.47. The van der Waals surface area contributed by atoms with Crippen molar-refractivity contribution in [3.63, 3.8) is 0 Å². The smallest absolute Gasteiger partial charge is 0.242 e. The number of nitrogen functional groups attached to an aromatic ring is 1. The van der Waals surface area contributed by atoms with Crippen LogP contribution in [0.15, 0.2) is 65.3 Å². The molecule has 0 aliphatic heterocycles. The molecule has 0 aliphatic rings. The van der Waals surface area contributed by atoms with Crippen LogP contribution < -0.4 is 16.9 Å². The number of benzene rings is 2. The van der Waals surface area contributed by atoms with Gasteiger partial charge in [0, 0.05) is 28.1 Å². The highest BCUT2D eigenvalue weighted by molar-refractivity contribution is 6.15. The minimum atomic E-state index is -0.393. The predicted molar refractivity (Wildman–Crippen MR) is 133 cm³/mol. The van der Waals surface area contributed by atoms with Gasteiger partial charge in [0.15, 0.2) is 6.29 Å². The number of nitrogens with two attached hydrogens (primary N) is 2. The minimum Gasteiger partial charge on any atom is -0.398 e. The fourth-order valence-electron chi connectivity index (χ4n) is 3.34. The monoisotopic (exact) mass is 433 g/mol. The third-order valence-corrected chi connectivity index (χ3v) is 5.13. The minimum absolute atomic E-state index is 0.188. The van der Waals surface area contributed by atoms with Gasteiger partial charge in [-0.1, -0.05) is 48.1 Å². The van der Waals surface area contributed by atoms with E-state index in [1.165, 1.54) is 6.21 Å². The lowest BCUT2D eigenvalue weighted by atomic mass is 9.96. The molecule has 0 heterocycles. The summed E-state index contributed by atoms with van der Waals surface area (Å²) in [7, 11) is 3.71. The van der Waals surface area contributed by atoms with E-state index in [1.54, 1.807) is 12.1 Å². The van der Waals surface area contributed by atoms with Crippen LogP contribution in [0.2, 0.25) is 0 Å².